The Bertz CT molecular complexity index is 305. The lowest BCUT2D eigenvalue weighted by Gasteiger charge is -2.32. The van der Waals surface area contributed by atoms with Crippen molar-refractivity contribution in [1.82, 2.24) is 15.2 Å². The minimum Gasteiger partial charge on any atom is -0.314 e. The molecule has 1 aliphatic heterocycles. The van der Waals surface area contributed by atoms with E-state index in [2.05, 4.69) is 34.4 Å². The van der Waals surface area contributed by atoms with Gasteiger partial charge in [-0.3, -0.25) is 4.90 Å². The molecule has 1 saturated heterocycles. The van der Waals surface area contributed by atoms with Crippen molar-refractivity contribution in [3.05, 3.63) is 16.1 Å². The topological polar surface area (TPSA) is 28.2 Å². The first kappa shape index (κ1) is 11.0. The summed E-state index contributed by atoms with van der Waals surface area (Å²) < 4.78 is 0. The third kappa shape index (κ3) is 3.00. The average molecular weight is 225 g/mol. The van der Waals surface area contributed by atoms with Gasteiger partial charge >= 0.3 is 0 Å². The van der Waals surface area contributed by atoms with Gasteiger partial charge in [0.2, 0.25) is 0 Å². The molecule has 1 N–H and O–H groups in total. The molecule has 0 radical (unpaired) electrons. The maximum Gasteiger partial charge on any atom is 0.0943 e. The van der Waals surface area contributed by atoms with Crippen molar-refractivity contribution in [2.24, 2.45) is 0 Å². The fourth-order valence-corrected chi connectivity index (χ4v) is 2.89. The number of aryl methyl sites for hydroxylation is 1. The first-order chi connectivity index (χ1) is 7.25. The summed E-state index contributed by atoms with van der Waals surface area (Å²) in [5.74, 6) is 0. The molecule has 1 fully saturated rings. The number of rotatable bonds is 3. The summed E-state index contributed by atoms with van der Waals surface area (Å²) in [7, 11) is 0. The van der Waals surface area contributed by atoms with Gasteiger partial charge in [-0.05, 0) is 13.8 Å². The van der Waals surface area contributed by atoms with Gasteiger partial charge in [-0.15, -0.1) is 11.3 Å². The highest BCUT2D eigenvalue weighted by atomic mass is 32.1. The SMILES string of the molecule is Cc1csc(CC(C)N2CCNCC2)n1. The van der Waals surface area contributed by atoms with Crippen molar-refractivity contribution in [3.63, 3.8) is 0 Å². The summed E-state index contributed by atoms with van der Waals surface area (Å²) >= 11 is 1.79. The van der Waals surface area contributed by atoms with Gasteiger partial charge in [-0.2, -0.15) is 0 Å². The van der Waals surface area contributed by atoms with Crippen LogP contribution in [0, 0.1) is 6.92 Å². The summed E-state index contributed by atoms with van der Waals surface area (Å²) in [4.78, 5) is 7.07. The lowest BCUT2D eigenvalue weighted by Crippen LogP contribution is -2.48. The molecule has 0 aliphatic carbocycles. The number of hydrogen-bond acceptors (Lipinski definition) is 4. The molecule has 84 valence electrons. The second-order valence-corrected chi connectivity index (χ2v) is 5.16. The van der Waals surface area contributed by atoms with E-state index in [1.807, 2.05) is 0 Å². The normalized spacial score (nSPS) is 20.4. The van der Waals surface area contributed by atoms with Gasteiger partial charge in [0.1, 0.15) is 0 Å². The number of thiazole rings is 1. The Hall–Kier alpha value is -0.450. The highest BCUT2D eigenvalue weighted by molar-refractivity contribution is 7.09. The smallest absolute Gasteiger partial charge is 0.0943 e. The Kier molecular flexibility index (Phi) is 3.72. The number of nitrogens with one attached hydrogen (secondary N) is 1. The van der Waals surface area contributed by atoms with E-state index in [1.165, 1.54) is 18.1 Å². The van der Waals surface area contributed by atoms with Crippen molar-refractivity contribution in [2.45, 2.75) is 26.3 Å². The Balaban J connectivity index is 1.88. The Morgan fingerprint density at radius 2 is 2.27 bits per heavy atom. The second-order valence-electron chi connectivity index (χ2n) is 4.22. The van der Waals surface area contributed by atoms with Crippen molar-refractivity contribution in [1.29, 1.82) is 0 Å². The number of nitrogens with zero attached hydrogens (tertiary/aromatic N) is 2. The van der Waals surface area contributed by atoms with Crippen molar-refractivity contribution >= 4 is 11.3 Å². The van der Waals surface area contributed by atoms with Crippen LogP contribution < -0.4 is 5.32 Å². The predicted molar refractivity (Wildman–Crippen MR) is 64.5 cm³/mol. The zero-order valence-corrected chi connectivity index (χ0v) is 10.3. The molecule has 15 heavy (non-hydrogen) atoms. The second kappa shape index (κ2) is 5.05. The highest BCUT2D eigenvalue weighted by Crippen LogP contribution is 2.14. The maximum atomic E-state index is 4.52. The van der Waals surface area contributed by atoms with Gasteiger partial charge in [0.05, 0.1) is 5.01 Å². The molecule has 3 nitrogen and oxygen atoms in total. The summed E-state index contributed by atoms with van der Waals surface area (Å²) in [6.45, 7) is 8.97. The van der Waals surface area contributed by atoms with Crippen LogP contribution in [-0.4, -0.2) is 42.1 Å². The van der Waals surface area contributed by atoms with Crippen LogP contribution in [0.5, 0.6) is 0 Å². The standard InChI is InChI=1S/C11H19N3S/c1-9-8-15-11(13-9)7-10(2)14-5-3-12-4-6-14/h8,10,12H,3-7H2,1-2H3. The van der Waals surface area contributed by atoms with Crippen LogP contribution in [-0.2, 0) is 6.42 Å². The summed E-state index contributed by atoms with van der Waals surface area (Å²) in [5.41, 5.74) is 1.16. The van der Waals surface area contributed by atoms with Crippen LogP contribution in [0.1, 0.15) is 17.6 Å². The van der Waals surface area contributed by atoms with E-state index in [0.717, 1.165) is 25.2 Å². The summed E-state index contributed by atoms with van der Waals surface area (Å²) in [5, 5.41) is 6.80. The van der Waals surface area contributed by atoms with Crippen LogP contribution in [0.25, 0.3) is 0 Å². The molecule has 0 bridgehead atoms. The third-order valence-corrected chi connectivity index (χ3v) is 3.90. The Morgan fingerprint density at radius 1 is 1.53 bits per heavy atom. The van der Waals surface area contributed by atoms with Gasteiger partial charge in [0.25, 0.3) is 0 Å². The van der Waals surface area contributed by atoms with E-state index in [1.54, 1.807) is 11.3 Å². The summed E-state index contributed by atoms with van der Waals surface area (Å²) in [6.07, 6.45) is 1.10. The minimum atomic E-state index is 0.623. The molecular formula is C11H19N3S. The molecule has 4 heteroatoms. The Labute approximate surface area is 95.5 Å². The first-order valence-corrected chi connectivity index (χ1v) is 6.49. The fraction of sp³-hybridized carbons (Fsp3) is 0.727. The first-order valence-electron chi connectivity index (χ1n) is 5.61. The minimum absolute atomic E-state index is 0.623. The third-order valence-electron chi connectivity index (χ3n) is 2.91. The number of hydrogen-bond donors (Lipinski definition) is 1. The van der Waals surface area contributed by atoms with E-state index in [-0.39, 0.29) is 0 Å². The molecule has 0 amide bonds. The fourth-order valence-electron chi connectivity index (χ4n) is 2.00. The van der Waals surface area contributed by atoms with Gasteiger partial charge in [0, 0.05) is 49.7 Å². The lowest BCUT2D eigenvalue weighted by molar-refractivity contribution is 0.183. The Morgan fingerprint density at radius 3 is 2.87 bits per heavy atom. The van der Waals surface area contributed by atoms with Gasteiger partial charge in [-0.25, -0.2) is 4.98 Å². The maximum absolute atomic E-state index is 4.52. The molecule has 0 saturated carbocycles. The van der Waals surface area contributed by atoms with Crippen LogP contribution in [0.2, 0.25) is 0 Å². The van der Waals surface area contributed by atoms with Crippen LogP contribution >= 0.6 is 11.3 Å². The van der Waals surface area contributed by atoms with Crippen molar-refractivity contribution in [3.8, 4) is 0 Å². The molecule has 0 aromatic carbocycles. The van der Waals surface area contributed by atoms with Crippen LogP contribution in [0.15, 0.2) is 5.38 Å². The molecule has 0 spiro atoms. The highest BCUT2D eigenvalue weighted by Gasteiger charge is 2.17. The molecule has 1 unspecified atom stereocenters. The molecule has 1 aromatic heterocycles. The van der Waals surface area contributed by atoms with E-state index < -0.39 is 0 Å². The largest absolute Gasteiger partial charge is 0.314 e. The molecular weight excluding hydrogens is 206 g/mol. The van der Waals surface area contributed by atoms with Crippen LogP contribution in [0.4, 0.5) is 0 Å². The molecule has 1 aromatic rings. The number of aromatic nitrogens is 1. The van der Waals surface area contributed by atoms with Gasteiger partial charge in [0.15, 0.2) is 0 Å². The van der Waals surface area contributed by atoms with Crippen molar-refractivity contribution < 1.29 is 0 Å². The zero-order chi connectivity index (χ0) is 10.7. The monoisotopic (exact) mass is 225 g/mol. The number of piperazine rings is 1. The molecule has 1 aliphatic rings. The van der Waals surface area contributed by atoms with E-state index >= 15 is 0 Å². The quantitative estimate of drug-likeness (QED) is 0.840. The predicted octanol–water partition coefficient (Wildman–Crippen LogP) is 1.29. The molecule has 2 rings (SSSR count). The molecule has 2 heterocycles. The van der Waals surface area contributed by atoms with Gasteiger partial charge < -0.3 is 5.32 Å². The van der Waals surface area contributed by atoms with E-state index in [9.17, 15) is 0 Å². The van der Waals surface area contributed by atoms with Gasteiger partial charge in [-0.1, -0.05) is 0 Å². The summed E-state index contributed by atoms with van der Waals surface area (Å²) in [6, 6.07) is 0.623. The average Bonchev–Trinajstić information content (AvgIpc) is 2.65. The van der Waals surface area contributed by atoms with E-state index in [4.69, 9.17) is 0 Å². The molecule has 1 atom stereocenters. The van der Waals surface area contributed by atoms with E-state index in [0.29, 0.717) is 6.04 Å². The lowest BCUT2D eigenvalue weighted by atomic mass is 10.2. The van der Waals surface area contributed by atoms with Crippen LogP contribution in [0.3, 0.4) is 0 Å². The zero-order valence-electron chi connectivity index (χ0n) is 9.49. The van der Waals surface area contributed by atoms with Crippen molar-refractivity contribution in [2.75, 3.05) is 26.2 Å².